The molecular formula is C26H28ClN5O4. The molecule has 0 aliphatic heterocycles. The number of nitrogen functional groups attached to an aromatic ring is 2. The molecule has 10 heteroatoms. The Morgan fingerprint density at radius 1 is 1.08 bits per heavy atom. The number of halogens is 1. The Morgan fingerprint density at radius 2 is 1.75 bits per heavy atom. The van der Waals surface area contributed by atoms with Crippen molar-refractivity contribution >= 4 is 40.7 Å². The lowest BCUT2D eigenvalue weighted by Crippen LogP contribution is -2.25. The van der Waals surface area contributed by atoms with Crippen LogP contribution in [0.3, 0.4) is 0 Å². The van der Waals surface area contributed by atoms with Gasteiger partial charge in [0.05, 0.1) is 22.7 Å². The first kappa shape index (κ1) is 26.4. The van der Waals surface area contributed by atoms with Crippen LogP contribution in [0.2, 0.25) is 5.02 Å². The van der Waals surface area contributed by atoms with Crippen LogP contribution in [0.15, 0.2) is 48.5 Å². The standard InChI is InChI=1S/C26H28ClN5O4/c1-13(2)32-21-11-20(27)23(16-7-17(26(35)36)9-18(28)8-16)19(24(21)34)10-22(33)31-12-14-3-5-15(6-4-14)25(29)30/h3-9,11,13,32,34H,10,12,28H2,1-2H3,(H3,29,30)(H,31,33)(H,35,36). The van der Waals surface area contributed by atoms with Crippen LogP contribution in [-0.2, 0) is 17.8 Å². The van der Waals surface area contributed by atoms with Crippen LogP contribution in [0.1, 0.15) is 40.9 Å². The summed E-state index contributed by atoms with van der Waals surface area (Å²) >= 11 is 6.61. The van der Waals surface area contributed by atoms with E-state index in [0.717, 1.165) is 5.56 Å². The van der Waals surface area contributed by atoms with Crippen LogP contribution >= 0.6 is 11.6 Å². The van der Waals surface area contributed by atoms with Crippen LogP contribution in [-0.4, -0.2) is 34.0 Å². The number of nitrogens with two attached hydrogens (primary N) is 2. The van der Waals surface area contributed by atoms with Gasteiger partial charge in [-0.15, -0.1) is 0 Å². The Hall–Kier alpha value is -4.24. The predicted octanol–water partition coefficient (Wildman–Crippen LogP) is 3.96. The van der Waals surface area contributed by atoms with Crippen molar-refractivity contribution in [2.45, 2.75) is 32.9 Å². The van der Waals surface area contributed by atoms with Gasteiger partial charge in [0.15, 0.2) is 0 Å². The zero-order chi connectivity index (χ0) is 26.6. The molecule has 3 aromatic carbocycles. The van der Waals surface area contributed by atoms with Gasteiger partial charge in [0, 0.05) is 35.0 Å². The number of benzene rings is 3. The minimum Gasteiger partial charge on any atom is -0.505 e. The summed E-state index contributed by atoms with van der Waals surface area (Å²) in [6.07, 6.45) is -0.225. The minimum absolute atomic E-state index is 0.0246. The fourth-order valence-electron chi connectivity index (χ4n) is 3.74. The highest BCUT2D eigenvalue weighted by molar-refractivity contribution is 6.34. The molecule has 9 nitrogen and oxygen atoms in total. The highest BCUT2D eigenvalue weighted by Gasteiger charge is 2.22. The van der Waals surface area contributed by atoms with Gasteiger partial charge in [-0.2, -0.15) is 0 Å². The molecule has 36 heavy (non-hydrogen) atoms. The smallest absolute Gasteiger partial charge is 0.335 e. The maximum absolute atomic E-state index is 12.9. The molecule has 0 radical (unpaired) electrons. The van der Waals surface area contributed by atoms with Crippen molar-refractivity contribution in [1.82, 2.24) is 5.32 Å². The molecule has 0 atom stereocenters. The van der Waals surface area contributed by atoms with Crippen LogP contribution in [0, 0.1) is 5.41 Å². The summed E-state index contributed by atoms with van der Waals surface area (Å²) in [5.74, 6) is -1.77. The first-order valence-electron chi connectivity index (χ1n) is 11.1. The first-order chi connectivity index (χ1) is 17.0. The average molecular weight is 510 g/mol. The number of carboxylic acids is 1. The maximum atomic E-state index is 12.9. The van der Waals surface area contributed by atoms with Gasteiger partial charge in [-0.25, -0.2) is 4.79 Å². The average Bonchev–Trinajstić information content (AvgIpc) is 2.80. The molecule has 3 rings (SSSR count). The van der Waals surface area contributed by atoms with Gasteiger partial charge in [-0.3, -0.25) is 10.2 Å². The number of amidine groups is 1. The van der Waals surface area contributed by atoms with Gasteiger partial charge in [-0.1, -0.05) is 35.9 Å². The number of carboxylic acid groups (broad SMARTS) is 1. The normalized spacial score (nSPS) is 10.8. The summed E-state index contributed by atoms with van der Waals surface area (Å²) in [5, 5.41) is 34.1. The van der Waals surface area contributed by atoms with Crippen LogP contribution in [0.4, 0.5) is 11.4 Å². The number of hydrogen-bond donors (Lipinski definition) is 7. The Balaban J connectivity index is 1.98. The van der Waals surface area contributed by atoms with E-state index in [9.17, 15) is 19.8 Å². The summed E-state index contributed by atoms with van der Waals surface area (Å²) in [4.78, 5) is 24.5. The molecule has 0 saturated carbocycles. The van der Waals surface area contributed by atoms with E-state index in [-0.39, 0.29) is 58.3 Å². The van der Waals surface area contributed by atoms with Gasteiger partial charge in [0.2, 0.25) is 5.91 Å². The lowest BCUT2D eigenvalue weighted by Gasteiger charge is -2.20. The highest BCUT2D eigenvalue weighted by atomic mass is 35.5. The lowest BCUT2D eigenvalue weighted by molar-refractivity contribution is -0.120. The van der Waals surface area contributed by atoms with Crippen LogP contribution in [0.5, 0.6) is 5.75 Å². The Bertz CT molecular complexity index is 1320. The number of phenols is 1. The maximum Gasteiger partial charge on any atom is 0.335 e. The van der Waals surface area contributed by atoms with E-state index in [0.29, 0.717) is 22.4 Å². The summed E-state index contributed by atoms with van der Waals surface area (Å²) in [5.41, 5.74) is 14.2. The zero-order valence-corrected chi connectivity index (χ0v) is 20.6. The molecule has 188 valence electrons. The number of carbonyl (C=O) groups excluding carboxylic acids is 1. The van der Waals surface area contributed by atoms with Crippen molar-refractivity contribution in [2.75, 3.05) is 11.1 Å². The Morgan fingerprint density at radius 3 is 2.33 bits per heavy atom. The summed E-state index contributed by atoms with van der Waals surface area (Å²) < 4.78 is 0. The number of aromatic carboxylic acids is 1. The lowest BCUT2D eigenvalue weighted by atomic mass is 9.93. The number of phenolic OH excluding ortho intramolecular Hbond substituents is 1. The topological polar surface area (TPSA) is 175 Å². The SMILES string of the molecule is CC(C)Nc1cc(Cl)c(-c2cc(N)cc(C(=O)O)c2)c(CC(=O)NCc2ccc(C(=N)N)cc2)c1O. The third kappa shape index (κ3) is 6.25. The minimum atomic E-state index is -1.17. The molecule has 0 unspecified atom stereocenters. The molecule has 1 amide bonds. The molecule has 0 saturated heterocycles. The number of carbonyl (C=O) groups is 2. The highest BCUT2D eigenvalue weighted by Crippen LogP contribution is 2.42. The largest absolute Gasteiger partial charge is 0.505 e. The number of aromatic hydroxyl groups is 1. The molecular weight excluding hydrogens is 482 g/mol. The first-order valence-corrected chi connectivity index (χ1v) is 11.5. The van der Waals surface area contributed by atoms with Gasteiger partial charge < -0.3 is 32.3 Å². The Kier molecular flexibility index (Phi) is 8.06. The van der Waals surface area contributed by atoms with Crippen LogP contribution < -0.4 is 22.1 Å². The summed E-state index contributed by atoms with van der Waals surface area (Å²) in [6.45, 7) is 4.00. The summed E-state index contributed by atoms with van der Waals surface area (Å²) in [6, 6.07) is 12.7. The van der Waals surface area contributed by atoms with Crippen molar-refractivity contribution in [1.29, 1.82) is 5.41 Å². The fraction of sp³-hybridized carbons (Fsp3) is 0.192. The number of anilines is 2. The van der Waals surface area contributed by atoms with Crippen LogP contribution in [0.25, 0.3) is 11.1 Å². The Labute approximate surface area is 213 Å². The second-order valence-electron chi connectivity index (χ2n) is 8.62. The number of nitrogens with one attached hydrogen (secondary N) is 3. The van der Waals surface area contributed by atoms with Gasteiger partial charge >= 0.3 is 5.97 Å². The number of rotatable bonds is 9. The van der Waals surface area contributed by atoms with Crippen molar-refractivity contribution < 1.29 is 19.8 Å². The van der Waals surface area contributed by atoms with Gasteiger partial charge in [0.25, 0.3) is 0 Å². The summed E-state index contributed by atoms with van der Waals surface area (Å²) in [7, 11) is 0. The molecule has 0 bridgehead atoms. The van der Waals surface area contributed by atoms with Gasteiger partial charge in [-0.05, 0) is 49.2 Å². The van der Waals surface area contributed by atoms with Crippen molar-refractivity contribution in [2.24, 2.45) is 5.73 Å². The predicted molar refractivity (Wildman–Crippen MR) is 142 cm³/mol. The molecule has 3 aromatic rings. The molecule has 0 heterocycles. The second kappa shape index (κ2) is 11.0. The van der Waals surface area contributed by atoms with E-state index in [1.54, 1.807) is 30.3 Å². The number of hydrogen-bond acceptors (Lipinski definition) is 6. The monoisotopic (exact) mass is 509 g/mol. The van der Waals surface area contributed by atoms with E-state index < -0.39 is 5.97 Å². The fourth-order valence-corrected chi connectivity index (χ4v) is 4.08. The van der Waals surface area contributed by atoms with E-state index >= 15 is 0 Å². The van der Waals surface area contributed by atoms with E-state index in [1.807, 2.05) is 13.8 Å². The van der Waals surface area contributed by atoms with E-state index in [4.69, 9.17) is 28.5 Å². The number of amides is 1. The van der Waals surface area contributed by atoms with Crippen molar-refractivity contribution in [3.63, 3.8) is 0 Å². The zero-order valence-electron chi connectivity index (χ0n) is 19.9. The molecule has 0 aliphatic rings. The van der Waals surface area contributed by atoms with Gasteiger partial charge in [0.1, 0.15) is 11.6 Å². The quantitative estimate of drug-likeness (QED) is 0.0988. The van der Waals surface area contributed by atoms with E-state index in [2.05, 4.69) is 10.6 Å². The molecule has 0 spiro atoms. The van der Waals surface area contributed by atoms with Crippen molar-refractivity contribution in [3.8, 4) is 16.9 Å². The molecule has 0 fully saturated rings. The van der Waals surface area contributed by atoms with E-state index in [1.165, 1.54) is 18.2 Å². The molecule has 0 aromatic heterocycles. The molecule has 9 N–H and O–H groups in total. The third-order valence-electron chi connectivity index (χ3n) is 5.38. The van der Waals surface area contributed by atoms with Crippen molar-refractivity contribution in [3.05, 3.63) is 75.8 Å². The third-order valence-corrected chi connectivity index (χ3v) is 5.68. The second-order valence-corrected chi connectivity index (χ2v) is 9.03. The molecule has 0 aliphatic carbocycles.